The molecular weight excluding hydrogens is 240 g/mol. The topological polar surface area (TPSA) is 78.3 Å². The Hall–Kier alpha value is -2.49. The predicted octanol–water partition coefficient (Wildman–Crippen LogP) is 2.23. The molecule has 0 fully saturated rings. The first kappa shape index (κ1) is 13.0. The van der Waals surface area contributed by atoms with Crippen LogP contribution in [-0.2, 0) is 11.2 Å². The number of hydrogen-bond acceptors (Lipinski definition) is 4. The van der Waals surface area contributed by atoms with Crippen molar-refractivity contribution < 1.29 is 9.53 Å². The Morgan fingerprint density at radius 3 is 2.42 bits per heavy atom. The summed E-state index contributed by atoms with van der Waals surface area (Å²) >= 11 is 0. The zero-order valence-corrected chi connectivity index (χ0v) is 10.7. The first-order valence-corrected chi connectivity index (χ1v) is 5.92. The molecule has 4 nitrogen and oxygen atoms in total. The van der Waals surface area contributed by atoms with Crippen molar-refractivity contribution in [1.29, 1.82) is 0 Å². The van der Waals surface area contributed by atoms with Gasteiger partial charge in [-0.1, -0.05) is 30.3 Å². The van der Waals surface area contributed by atoms with Gasteiger partial charge < -0.3 is 16.2 Å². The van der Waals surface area contributed by atoms with Crippen LogP contribution in [0, 0.1) is 0 Å². The van der Waals surface area contributed by atoms with E-state index in [0.29, 0.717) is 17.7 Å². The molecule has 0 saturated carbocycles. The molecule has 0 aromatic heterocycles. The number of esters is 1. The maximum atomic E-state index is 11.6. The van der Waals surface area contributed by atoms with Gasteiger partial charge in [0.2, 0.25) is 0 Å². The third kappa shape index (κ3) is 2.85. The van der Waals surface area contributed by atoms with Crippen LogP contribution in [-0.4, -0.2) is 13.1 Å². The van der Waals surface area contributed by atoms with Gasteiger partial charge in [0.05, 0.1) is 24.0 Å². The van der Waals surface area contributed by atoms with Crippen molar-refractivity contribution in [2.24, 2.45) is 0 Å². The van der Waals surface area contributed by atoms with Crippen LogP contribution in [0.3, 0.4) is 0 Å². The largest absolute Gasteiger partial charge is 0.465 e. The monoisotopic (exact) mass is 256 g/mol. The van der Waals surface area contributed by atoms with Crippen molar-refractivity contribution >= 4 is 17.3 Å². The van der Waals surface area contributed by atoms with E-state index < -0.39 is 5.97 Å². The molecule has 0 bridgehead atoms. The van der Waals surface area contributed by atoms with Crippen molar-refractivity contribution in [2.45, 2.75) is 6.42 Å². The molecular formula is C15H16N2O2. The molecule has 0 aliphatic heterocycles. The molecule has 4 N–H and O–H groups in total. The zero-order chi connectivity index (χ0) is 13.8. The lowest BCUT2D eigenvalue weighted by molar-refractivity contribution is 0.0602. The fourth-order valence-corrected chi connectivity index (χ4v) is 1.95. The van der Waals surface area contributed by atoms with E-state index in [1.165, 1.54) is 7.11 Å². The van der Waals surface area contributed by atoms with Gasteiger partial charge in [-0.25, -0.2) is 4.79 Å². The number of nitrogen functional groups attached to an aromatic ring is 2. The Morgan fingerprint density at radius 1 is 1.11 bits per heavy atom. The molecule has 0 radical (unpaired) electrons. The van der Waals surface area contributed by atoms with Gasteiger partial charge >= 0.3 is 5.97 Å². The van der Waals surface area contributed by atoms with Crippen LogP contribution in [0.2, 0.25) is 0 Å². The summed E-state index contributed by atoms with van der Waals surface area (Å²) in [5.74, 6) is -0.473. The van der Waals surface area contributed by atoms with E-state index in [2.05, 4.69) is 0 Å². The molecule has 0 heterocycles. The first-order chi connectivity index (χ1) is 9.11. The number of nitrogens with two attached hydrogens (primary N) is 2. The second-order valence-corrected chi connectivity index (χ2v) is 4.30. The average Bonchev–Trinajstić information content (AvgIpc) is 2.43. The Morgan fingerprint density at radius 2 is 1.79 bits per heavy atom. The SMILES string of the molecule is COC(=O)c1cc(Cc2ccccc2)cc(N)c1N. The number of methoxy groups -OCH3 is 1. The van der Waals surface area contributed by atoms with Crippen LogP contribution in [0.5, 0.6) is 0 Å². The minimum Gasteiger partial charge on any atom is -0.465 e. The van der Waals surface area contributed by atoms with Gasteiger partial charge in [0, 0.05) is 0 Å². The Balaban J connectivity index is 2.37. The minimum absolute atomic E-state index is 0.267. The van der Waals surface area contributed by atoms with E-state index in [-0.39, 0.29) is 5.69 Å². The molecule has 0 atom stereocenters. The van der Waals surface area contributed by atoms with Crippen molar-refractivity contribution in [1.82, 2.24) is 0 Å². The summed E-state index contributed by atoms with van der Waals surface area (Å²) in [6.07, 6.45) is 0.690. The van der Waals surface area contributed by atoms with Crippen LogP contribution in [0.15, 0.2) is 42.5 Å². The fraction of sp³-hybridized carbons (Fsp3) is 0.133. The number of carbonyl (C=O) groups excluding carboxylic acids is 1. The van der Waals surface area contributed by atoms with Gasteiger partial charge in [0.25, 0.3) is 0 Å². The summed E-state index contributed by atoms with van der Waals surface area (Å²) in [4.78, 5) is 11.6. The first-order valence-electron chi connectivity index (χ1n) is 5.92. The fourth-order valence-electron chi connectivity index (χ4n) is 1.95. The normalized spacial score (nSPS) is 10.2. The van der Waals surface area contributed by atoms with Gasteiger partial charge in [-0.15, -0.1) is 0 Å². The van der Waals surface area contributed by atoms with E-state index in [4.69, 9.17) is 16.2 Å². The number of rotatable bonds is 3. The van der Waals surface area contributed by atoms with Gasteiger partial charge in [0.15, 0.2) is 0 Å². The van der Waals surface area contributed by atoms with Crippen molar-refractivity contribution in [3.8, 4) is 0 Å². The lowest BCUT2D eigenvalue weighted by atomic mass is 10.0. The van der Waals surface area contributed by atoms with Crippen LogP contribution < -0.4 is 11.5 Å². The standard InChI is InChI=1S/C15H16N2O2/c1-19-15(18)12-8-11(9-13(16)14(12)17)7-10-5-3-2-4-6-10/h2-6,8-9H,7,16-17H2,1H3. The summed E-state index contributed by atoms with van der Waals surface area (Å²) in [6, 6.07) is 13.4. The van der Waals surface area contributed by atoms with E-state index in [0.717, 1.165) is 11.1 Å². The van der Waals surface area contributed by atoms with E-state index in [1.54, 1.807) is 12.1 Å². The van der Waals surface area contributed by atoms with Crippen molar-refractivity contribution in [2.75, 3.05) is 18.6 Å². The molecule has 0 aliphatic rings. The number of carbonyl (C=O) groups is 1. The van der Waals surface area contributed by atoms with Crippen molar-refractivity contribution in [3.63, 3.8) is 0 Å². The molecule has 0 amide bonds. The Kier molecular flexibility index (Phi) is 3.71. The van der Waals surface area contributed by atoms with Gasteiger partial charge in [0.1, 0.15) is 0 Å². The highest BCUT2D eigenvalue weighted by molar-refractivity contribution is 5.98. The van der Waals surface area contributed by atoms with Crippen LogP contribution in [0.4, 0.5) is 11.4 Å². The van der Waals surface area contributed by atoms with Gasteiger partial charge in [-0.2, -0.15) is 0 Å². The average molecular weight is 256 g/mol. The second kappa shape index (κ2) is 5.44. The van der Waals surface area contributed by atoms with Crippen LogP contribution >= 0.6 is 0 Å². The zero-order valence-electron chi connectivity index (χ0n) is 10.7. The summed E-state index contributed by atoms with van der Waals surface area (Å²) < 4.78 is 4.70. The molecule has 19 heavy (non-hydrogen) atoms. The number of benzene rings is 2. The van der Waals surface area contributed by atoms with E-state index >= 15 is 0 Å². The molecule has 4 heteroatoms. The van der Waals surface area contributed by atoms with Gasteiger partial charge in [-0.3, -0.25) is 0 Å². The predicted molar refractivity (Wildman–Crippen MR) is 75.9 cm³/mol. The smallest absolute Gasteiger partial charge is 0.340 e. The Bertz CT molecular complexity index is 595. The summed E-state index contributed by atoms with van der Waals surface area (Å²) in [5.41, 5.74) is 14.7. The molecule has 0 aliphatic carbocycles. The summed E-state index contributed by atoms with van der Waals surface area (Å²) in [6.45, 7) is 0. The third-order valence-corrected chi connectivity index (χ3v) is 2.93. The molecule has 2 rings (SSSR count). The van der Waals surface area contributed by atoms with Crippen LogP contribution in [0.25, 0.3) is 0 Å². The number of ether oxygens (including phenoxy) is 1. The highest BCUT2D eigenvalue weighted by Gasteiger charge is 2.14. The summed E-state index contributed by atoms with van der Waals surface area (Å²) in [5, 5.41) is 0. The van der Waals surface area contributed by atoms with E-state index in [9.17, 15) is 4.79 Å². The summed E-state index contributed by atoms with van der Waals surface area (Å²) in [7, 11) is 1.32. The lowest BCUT2D eigenvalue weighted by Gasteiger charge is -2.10. The highest BCUT2D eigenvalue weighted by Crippen LogP contribution is 2.24. The van der Waals surface area contributed by atoms with Crippen molar-refractivity contribution in [3.05, 3.63) is 59.2 Å². The molecule has 2 aromatic carbocycles. The highest BCUT2D eigenvalue weighted by atomic mass is 16.5. The number of hydrogen-bond donors (Lipinski definition) is 2. The molecule has 0 saturated heterocycles. The van der Waals surface area contributed by atoms with Gasteiger partial charge in [-0.05, 0) is 29.7 Å². The maximum absolute atomic E-state index is 11.6. The third-order valence-electron chi connectivity index (χ3n) is 2.93. The second-order valence-electron chi connectivity index (χ2n) is 4.30. The lowest BCUT2D eigenvalue weighted by Crippen LogP contribution is -2.09. The molecule has 0 unspecified atom stereocenters. The Labute approximate surface area is 112 Å². The van der Waals surface area contributed by atoms with E-state index in [1.807, 2.05) is 30.3 Å². The number of anilines is 2. The molecule has 0 spiro atoms. The minimum atomic E-state index is -0.473. The van der Waals surface area contributed by atoms with Crippen LogP contribution in [0.1, 0.15) is 21.5 Å². The quantitative estimate of drug-likeness (QED) is 0.652. The maximum Gasteiger partial charge on any atom is 0.340 e. The molecule has 98 valence electrons. The molecule has 2 aromatic rings.